The number of rotatable bonds is 5. The van der Waals surface area contributed by atoms with Gasteiger partial charge in [0.05, 0.1) is 34.6 Å². The van der Waals surface area contributed by atoms with Crippen molar-refractivity contribution in [2.75, 3.05) is 11.6 Å². The Kier molecular flexibility index (Phi) is 6.00. The molecule has 1 amide bonds. The lowest BCUT2D eigenvalue weighted by Gasteiger charge is -2.09. The van der Waals surface area contributed by atoms with Crippen molar-refractivity contribution in [2.45, 2.75) is 17.6 Å². The molecule has 0 spiro atoms. The number of halogens is 4. The second-order valence-corrected chi connectivity index (χ2v) is 7.21. The highest BCUT2D eigenvalue weighted by Gasteiger charge is 2.30. The lowest BCUT2D eigenvalue weighted by atomic mass is 10.1. The fourth-order valence-electron chi connectivity index (χ4n) is 2.55. The molecule has 9 heteroatoms. The first-order chi connectivity index (χ1) is 13.3. The van der Waals surface area contributed by atoms with Gasteiger partial charge in [-0.2, -0.15) is 18.3 Å². The predicted molar refractivity (Wildman–Crippen MR) is 104 cm³/mol. The first kappa shape index (κ1) is 20.3. The lowest BCUT2D eigenvalue weighted by molar-refractivity contribution is -0.137. The molecule has 146 valence electrons. The maximum Gasteiger partial charge on any atom is 0.416 e. The van der Waals surface area contributed by atoms with Crippen LogP contribution >= 0.6 is 23.4 Å². The Balaban J connectivity index is 1.72. The van der Waals surface area contributed by atoms with Gasteiger partial charge < -0.3 is 5.32 Å². The molecule has 1 aromatic heterocycles. The number of amides is 1. The summed E-state index contributed by atoms with van der Waals surface area (Å²) < 4.78 is 39.9. The van der Waals surface area contributed by atoms with Crippen LogP contribution in [0.4, 0.5) is 18.9 Å². The van der Waals surface area contributed by atoms with Gasteiger partial charge in [-0.05, 0) is 42.2 Å². The summed E-state index contributed by atoms with van der Waals surface area (Å²) in [5.74, 6) is -0.389. The maximum absolute atomic E-state index is 12.8. The zero-order valence-electron chi connectivity index (χ0n) is 14.6. The van der Waals surface area contributed by atoms with Crippen LogP contribution < -0.4 is 5.32 Å². The van der Waals surface area contributed by atoms with E-state index in [0.29, 0.717) is 21.8 Å². The molecule has 28 heavy (non-hydrogen) atoms. The Labute approximate surface area is 168 Å². The number of benzene rings is 2. The molecule has 0 saturated carbocycles. The highest BCUT2D eigenvalue weighted by molar-refractivity contribution is 7.98. The maximum atomic E-state index is 12.8. The number of aromatic nitrogens is 2. The van der Waals surface area contributed by atoms with Gasteiger partial charge in [-0.1, -0.05) is 23.7 Å². The highest BCUT2D eigenvalue weighted by atomic mass is 35.5. The largest absolute Gasteiger partial charge is 0.416 e. The Hall–Kier alpha value is -2.45. The van der Waals surface area contributed by atoms with Gasteiger partial charge >= 0.3 is 6.18 Å². The Morgan fingerprint density at radius 2 is 2.04 bits per heavy atom. The average Bonchev–Trinajstić information content (AvgIpc) is 3.08. The molecule has 0 fully saturated rings. The van der Waals surface area contributed by atoms with E-state index >= 15 is 0 Å². The summed E-state index contributed by atoms with van der Waals surface area (Å²) in [5.41, 5.74) is 0.488. The van der Waals surface area contributed by atoms with Gasteiger partial charge in [0.2, 0.25) is 0 Å². The Morgan fingerprint density at radius 1 is 1.25 bits per heavy atom. The number of carbonyl (C=O) groups excluding carboxylic acids is 1. The van der Waals surface area contributed by atoms with Gasteiger partial charge in [0, 0.05) is 11.1 Å². The zero-order valence-corrected chi connectivity index (χ0v) is 16.2. The van der Waals surface area contributed by atoms with E-state index in [2.05, 4.69) is 10.4 Å². The van der Waals surface area contributed by atoms with E-state index in [-0.39, 0.29) is 12.5 Å². The minimum Gasteiger partial charge on any atom is -0.319 e. The van der Waals surface area contributed by atoms with Crippen LogP contribution in [0.25, 0.3) is 0 Å². The SMILES string of the molecule is CSc1ccc(Cl)c(C(=O)Nc2cnn(Cc3cccc(C(F)(F)F)c3)c2)c1. The minimum absolute atomic E-state index is 0.141. The van der Waals surface area contributed by atoms with Gasteiger partial charge in [0.25, 0.3) is 5.91 Å². The van der Waals surface area contributed by atoms with Crippen molar-refractivity contribution in [3.63, 3.8) is 0 Å². The number of nitrogens with zero attached hydrogens (tertiary/aromatic N) is 2. The fourth-order valence-corrected chi connectivity index (χ4v) is 3.19. The second-order valence-electron chi connectivity index (χ2n) is 5.92. The van der Waals surface area contributed by atoms with E-state index in [9.17, 15) is 18.0 Å². The van der Waals surface area contributed by atoms with Crippen molar-refractivity contribution < 1.29 is 18.0 Å². The number of hydrogen-bond acceptors (Lipinski definition) is 3. The van der Waals surface area contributed by atoms with Crippen molar-refractivity contribution in [1.82, 2.24) is 9.78 Å². The number of thioether (sulfide) groups is 1. The molecule has 0 aliphatic heterocycles. The van der Waals surface area contributed by atoms with E-state index in [4.69, 9.17) is 11.6 Å². The van der Waals surface area contributed by atoms with Crippen LogP contribution in [-0.4, -0.2) is 21.9 Å². The predicted octanol–water partition coefficient (Wildman–Crippen LogP) is 5.58. The van der Waals surface area contributed by atoms with Gasteiger partial charge in [-0.3, -0.25) is 9.48 Å². The van der Waals surface area contributed by atoms with E-state index in [0.717, 1.165) is 17.0 Å². The van der Waals surface area contributed by atoms with E-state index < -0.39 is 11.7 Å². The van der Waals surface area contributed by atoms with Crippen LogP contribution in [-0.2, 0) is 12.7 Å². The van der Waals surface area contributed by atoms with E-state index in [1.165, 1.54) is 28.7 Å². The molecule has 0 radical (unpaired) electrons. The molecule has 0 aliphatic rings. The second kappa shape index (κ2) is 8.28. The molecule has 3 aromatic rings. The number of hydrogen-bond donors (Lipinski definition) is 1. The molecule has 1 heterocycles. The van der Waals surface area contributed by atoms with Crippen molar-refractivity contribution in [3.8, 4) is 0 Å². The third-order valence-electron chi connectivity index (χ3n) is 3.91. The molecule has 2 aromatic carbocycles. The number of alkyl halides is 3. The molecule has 3 rings (SSSR count). The van der Waals surface area contributed by atoms with Crippen LogP contribution in [0.15, 0.2) is 59.8 Å². The molecule has 0 unspecified atom stereocenters. The van der Waals surface area contributed by atoms with Crippen LogP contribution in [0.3, 0.4) is 0 Å². The topological polar surface area (TPSA) is 46.9 Å². The molecule has 1 N–H and O–H groups in total. The van der Waals surface area contributed by atoms with Crippen molar-refractivity contribution in [3.05, 3.63) is 76.6 Å². The smallest absolute Gasteiger partial charge is 0.319 e. The summed E-state index contributed by atoms with van der Waals surface area (Å²) in [7, 11) is 0. The lowest BCUT2D eigenvalue weighted by Crippen LogP contribution is -2.12. The number of nitrogens with one attached hydrogen (secondary N) is 1. The number of carbonyl (C=O) groups is 1. The van der Waals surface area contributed by atoms with Crippen molar-refractivity contribution >= 4 is 35.0 Å². The first-order valence-electron chi connectivity index (χ1n) is 8.10. The highest BCUT2D eigenvalue weighted by Crippen LogP contribution is 2.29. The molecule has 0 atom stereocenters. The van der Waals surface area contributed by atoms with E-state index in [1.54, 1.807) is 24.4 Å². The standard InChI is InChI=1S/C19H15ClF3N3OS/c1-28-15-5-6-17(20)16(8-15)18(27)25-14-9-24-26(11-14)10-12-3-2-4-13(7-12)19(21,22)23/h2-9,11H,10H2,1H3,(H,25,27). The molecule has 4 nitrogen and oxygen atoms in total. The quantitative estimate of drug-likeness (QED) is 0.543. The normalized spacial score (nSPS) is 11.5. The summed E-state index contributed by atoms with van der Waals surface area (Å²) >= 11 is 7.58. The molecule has 0 aliphatic carbocycles. The summed E-state index contributed by atoms with van der Waals surface area (Å²) in [6, 6.07) is 10.2. The van der Waals surface area contributed by atoms with Crippen molar-refractivity contribution in [1.29, 1.82) is 0 Å². The van der Waals surface area contributed by atoms with Gasteiger partial charge in [0.1, 0.15) is 0 Å². The third-order valence-corrected chi connectivity index (χ3v) is 4.96. The fraction of sp³-hybridized carbons (Fsp3) is 0.158. The summed E-state index contributed by atoms with van der Waals surface area (Å²) in [6.45, 7) is 0.141. The van der Waals surface area contributed by atoms with Crippen LogP contribution in [0.5, 0.6) is 0 Å². The van der Waals surface area contributed by atoms with Gasteiger partial charge in [-0.15, -0.1) is 11.8 Å². The zero-order chi connectivity index (χ0) is 20.3. The van der Waals surface area contributed by atoms with Crippen molar-refractivity contribution in [2.24, 2.45) is 0 Å². The Bertz CT molecular complexity index is 1000. The van der Waals surface area contributed by atoms with Crippen LogP contribution in [0, 0.1) is 0 Å². The molecule has 0 bridgehead atoms. The summed E-state index contributed by atoms with van der Waals surface area (Å²) in [4.78, 5) is 13.4. The minimum atomic E-state index is -4.40. The van der Waals surface area contributed by atoms with E-state index in [1.807, 2.05) is 12.3 Å². The van der Waals surface area contributed by atoms with Gasteiger partial charge in [0.15, 0.2) is 0 Å². The number of anilines is 1. The van der Waals surface area contributed by atoms with Crippen LogP contribution in [0.2, 0.25) is 5.02 Å². The van der Waals surface area contributed by atoms with Gasteiger partial charge in [-0.25, -0.2) is 0 Å². The first-order valence-corrected chi connectivity index (χ1v) is 9.70. The average molecular weight is 426 g/mol. The monoisotopic (exact) mass is 425 g/mol. The third kappa shape index (κ3) is 4.88. The molecular weight excluding hydrogens is 411 g/mol. The summed E-state index contributed by atoms with van der Waals surface area (Å²) in [5, 5.41) is 7.11. The van der Waals surface area contributed by atoms with Crippen LogP contribution in [0.1, 0.15) is 21.5 Å². The summed E-state index contributed by atoms with van der Waals surface area (Å²) in [6.07, 6.45) is 0.467. The molecular formula is C19H15ClF3N3OS. The Morgan fingerprint density at radius 3 is 2.75 bits per heavy atom. The molecule has 0 saturated heterocycles.